The Morgan fingerprint density at radius 2 is 2.04 bits per heavy atom. The van der Waals surface area contributed by atoms with Gasteiger partial charge in [-0.15, -0.1) is 0 Å². The van der Waals surface area contributed by atoms with Crippen LogP contribution < -0.4 is 16.1 Å². The first-order valence-electron chi connectivity index (χ1n) is 15.9. The summed E-state index contributed by atoms with van der Waals surface area (Å²) in [7, 11) is 3.58. The van der Waals surface area contributed by atoms with E-state index < -0.39 is 28.7 Å². The van der Waals surface area contributed by atoms with Gasteiger partial charge in [0.2, 0.25) is 5.91 Å². The first kappa shape index (κ1) is 30.4. The third-order valence-corrected chi connectivity index (χ3v) is 13.3. The molecule has 1 fully saturated rings. The maximum Gasteiger partial charge on any atom is 0.336 e. The summed E-state index contributed by atoms with van der Waals surface area (Å²) >= 11 is 0. The number of benzene rings is 1. The van der Waals surface area contributed by atoms with Crippen molar-refractivity contribution >= 4 is 50.3 Å². The van der Waals surface area contributed by atoms with Crippen molar-refractivity contribution in [2.45, 2.75) is 68.4 Å². The molecule has 2 aliphatic carbocycles. The van der Waals surface area contributed by atoms with Crippen LogP contribution >= 0.6 is 21.6 Å². The highest BCUT2D eigenvalue weighted by atomic mass is 33.1. The van der Waals surface area contributed by atoms with Gasteiger partial charge in [0.05, 0.1) is 23.6 Å². The third-order valence-electron chi connectivity index (χ3n) is 10.6. The number of amides is 1. The summed E-state index contributed by atoms with van der Waals surface area (Å²) in [4.78, 5) is 46.0. The molecular formula is C36H35N3O6S2. The molecule has 5 aliphatic rings. The highest BCUT2D eigenvalue weighted by Crippen LogP contribution is 2.58. The average molecular weight is 670 g/mol. The van der Waals surface area contributed by atoms with E-state index in [1.807, 2.05) is 30.9 Å². The van der Waals surface area contributed by atoms with Crippen LogP contribution in [0.2, 0.25) is 0 Å². The van der Waals surface area contributed by atoms with Gasteiger partial charge in [-0.05, 0) is 55.7 Å². The van der Waals surface area contributed by atoms with Crippen LogP contribution in [-0.2, 0) is 27.2 Å². The molecule has 0 unspecified atom stereocenters. The molecule has 8 rings (SSSR count). The van der Waals surface area contributed by atoms with Crippen LogP contribution in [-0.4, -0.2) is 56.6 Å². The van der Waals surface area contributed by atoms with Crippen LogP contribution in [0.4, 0.5) is 5.82 Å². The molecule has 6 atom stereocenters. The molecule has 1 amide bonds. The minimum absolute atomic E-state index is 0.0594. The lowest BCUT2D eigenvalue weighted by Gasteiger charge is -2.52. The van der Waals surface area contributed by atoms with Crippen molar-refractivity contribution in [3.05, 3.63) is 99.1 Å². The van der Waals surface area contributed by atoms with E-state index in [0.29, 0.717) is 47.2 Å². The standard InChI is InChI=1S/C36H35N3O6S2/c1-4-19(2)34(42)45-35(3)10-9-22-18-46-47-28-7-5-21-17-39(33(21)28)30(40)12-24-16-38-29(37)13-25(24)32(22)36(35)15-23-11-20-6-8-31(41)43-26(20)14-27(23)44-36/h4-9,11,13-14,16,21,28,32-33H,10,12,15,17-18H2,1-3H3,(H2,37,38)/b19-4+/t21-,28-,32+,33+,35-,36-/m1/s1. The topological polar surface area (TPSA) is 125 Å². The second kappa shape index (κ2) is 11.1. The Bertz CT molecular complexity index is 2000. The maximum atomic E-state index is 13.9. The number of hydrogen-bond acceptors (Lipinski definition) is 10. The number of fused-ring (bicyclic) bond motifs is 6. The number of hydrogen-bond donors (Lipinski definition) is 1. The highest BCUT2D eigenvalue weighted by Gasteiger charge is 2.64. The molecule has 5 heterocycles. The number of allylic oxidation sites excluding steroid dienone is 1. The molecule has 0 saturated carbocycles. The van der Waals surface area contributed by atoms with Crippen molar-refractivity contribution in [2.24, 2.45) is 5.92 Å². The van der Waals surface area contributed by atoms with Gasteiger partial charge in [0, 0.05) is 60.3 Å². The number of nitrogens with two attached hydrogens (primary N) is 1. The predicted octanol–water partition coefficient (Wildman–Crippen LogP) is 5.53. The Hall–Kier alpha value is -3.96. The van der Waals surface area contributed by atoms with Crippen LogP contribution in [0, 0.1) is 5.92 Å². The monoisotopic (exact) mass is 669 g/mol. The summed E-state index contributed by atoms with van der Waals surface area (Å²) in [5, 5.41) is 0.989. The van der Waals surface area contributed by atoms with Crippen molar-refractivity contribution in [1.82, 2.24) is 9.88 Å². The van der Waals surface area contributed by atoms with Crippen molar-refractivity contribution in [1.29, 1.82) is 0 Å². The highest BCUT2D eigenvalue weighted by molar-refractivity contribution is 8.77. The molecular weight excluding hydrogens is 635 g/mol. The lowest BCUT2D eigenvalue weighted by atomic mass is 9.61. The zero-order chi connectivity index (χ0) is 32.7. The van der Waals surface area contributed by atoms with Gasteiger partial charge in [-0.1, -0.05) is 51.5 Å². The minimum Gasteiger partial charge on any atom is -0.481 e. The molecule has 3 aliphatic heterocycles. The van der Waals surface area contributed by atoms with E-state index in [0.717, 1.165) is 34.2 Å². The zero-order valence-corrected chi connectivity index (χ0v) is 28.0. The number of aromatic nitrogens is 1. The molecule has 2 N–H and O–H groups in total. The molecule has 9 nitrogen and oxygen atoms in total. The fraction of sp³-hybridized carbons (Fsp3) is 0.389. The Morgan fingerprint density at radius 1 is 1.19 bits per heavy atom. The molecule has 1 aromatic carbocycles. The van der Waals surface area contributed by atoms with Gasteiger partial charge in [0.15, 0.2) is 11.2 Å². The quantitative estimate of drug-likeness (QED) is 0.122. The van der Waals surface area contributed by atoms with Crippen LogP contribution in [0.3, 0.4) is 0 Å². The van der Waals surface area contributed by atoms with Crippen LogP contribution in [0.15, 0.2) is 81.2 Å². The molecule has 3 aromatic rings. The van der Waals surface area contributed by atoms with Crippen molar-refractivity contribution in [3.8, 4) is 5.75 Å². The maximum absolute atomic E-state index is 13.9. The first-order valence-corrected chi connectivity index (χ1v) is 18.3. The lowest BCUT2D eigenvalue weighted by Crippen LogP contribution is -2.63. The number of rotatable bonds is 2. The zero-order valence-electron chi connectivity index (χ0n) is 26.4. The summed E-state index contributed by atoms with van der Waals surface area (Å²) in [6.45, 7) is 6.21. The number of ether oxygens (including phenoxy) is 2. The number of nitrogens with zero attached hydrogens (tertiary/aromatic N) is 2. The van der Waals surface area contributed by atoms with Gasteiger partial charge in [-0.2, -0.15) is 0 Å². The smallest absolute Gasteiger partial charge is 0.336 e. The Kier molecular flexibility index (Phi) is 7.14. The third kappa shape index (κ3) is 4.76. The number of pyridine rings is 1. The second-order valence-corrected chi connectivity index (χ2v) is 15.9. The van der Waals surface area contributed by atoms with Crippen molar-refractivity contribution in [3.63, 3.8) is 0 Å². The van der Waals surface area contributed by atoms with E-state index in [9.17, 15) is 14.4 Å². The van der Waals surface area contributed by atoms with Gasteiger partial charge in [0.1, 0.15) is 17.2 Å². The van der Waals surface area contributed by atoms with Gasteiger partial charge >= 0.3 is 11.6 Å². The van der Waals surface area contributed by atoms with Gasteiger partial charge in [-0.25, -0.2) is 14.6 Å². The van der Waals surface area contributed by atoms with Gasteiger partial charge in [-0.3, -0.25) is 4.79 Å². The summed E-state index contributed by atoms with van der Waals surface area (Å²) < 4.78 is 19.2. The predicted molar refractivity (Wildman–Crippen MR) is 183 cm³/mol. The second-order valence-electron chi connectivity index (χ2n) is 13.3. The lowest BCUT2D eigenvalue weighted by molar-refractivity contribution is -0.183. The van der Waals surface area contributed by atoms with E-state index in [1.165, 1.54) is 6.07 Å². The Morgan fingerprint density at radius 3 is 2.87 bits per heavy atom. The van der Waals surface area contributed by atoms with Gasteiger partial charge < -0.3 is 24.5 Å². The molecule has 242 valence electrons. The number of carbonyl (C=O) groups excluding carboxylic acids is 2. The molecule has 2 aromatic heterocycles. The van der Waals surface area contributed by atoms with Crippen molar-refractivity contribution in [2.75, 3.05) is 18.0 Å². The normalized spacial score (nSPS) is 31.0. The molecule has 1 saturated heterocycles. The van der Waals surface area contributed by atoms with E-state index in [4.69, 9.17) is 19.6 Å². The van der Waals surface area contributed by atoms with E-state index in [2.05, 4.69) is 23.2 Å². The number of esters is 1. The molecule has 0 radical (unpaired) electrons. The molecule has 0 bridgehead atoms. The van der Waals surface area contributed by atoms with Gasteiger partial charge in [0.25, 0.3) is 0 Å². The van der Waals surface area contributed by atoms with E-state index >= 15 is 0 Å². The Balaban J connectivity index is 1.32. The summed E-state index contributed by atoms with van der Waals surface area (Å²) in [5.74, 6) is 1.19. The number of anilines is 1. The molecule has 47 heavy (non-hydrogen) atoms. The summed E-state index contributed by atoms with van der Waals surface area (Å²) in [5.41, 5.74) is 8.26. The largest absolute Gasteiger partial charge is 0.481 e. The minimum atomic E-state index is -1.13. The molecule has 11 heteroatoms. The van der Waals surface area contributed by atoms with Crippen LogP contribution in [0.1, 0.15) is 49.8 Å². The van der Waals surface area contributed by atoms with Crippen LogP contribution in [0.25, 0.3) is 11.0 Å². The van der Waals surface area contributed by atoms with E-state index in [-0.39, 0.29) is 23.6 Å². The van der Waals surface area contributed by atoms with Crippen LogP contribution in [0.5, 0.6) is 5.75 Å². The average Bonchev–Trinajstić information content (AvgIpc) is 3.55. The Labute approximate surface area is 280 Å². The first-order chi connectivity index (χ1) is 22.6. The fourth-order valence-electron chi connectivity index (χ4n) is 7.94. The summed E-state index contributed by atoms with van der Waals surface area (Å²) in [6, 6.07) is 8.93. The van der Waals surface area contributed by atoms with E-state index in [1.54, 1.807) is 52.9 Å². The fourth-order valence-corrected chi connectivity index (χ4v) is 10.8. The van der Waals surface area contributed by atoms with Crippen molar-refractivity contribution < 1.29 is 23.5 Å². The molecule has 1 spiro atoms. The number of nitrogen functional groups attached to an aromatic ring is 1. The number of carbonyl (C=O) groups is 2. The summed E-state index contributed by atoms with van der Waals surface area (Å²) in [6.07, 6.45) is 11.1. The SMILES string of the molecule is C/C=C(\C)C(=O)O[C@]1(C)CC=C2CSS[C@@H]3C=C[C@@H]4CN(C(=O)Cc5cnc(N)cc5[C@H]2[C@]12Cc1cc5ccc(=O)oc5cc1O2)[C@@H]43.